The minimum absolute atomic E-state index is 0.198. The molecule has 3 aromatic carbocycles. The minimum Gasteiger partial charge on any atom is -0.207 e. The summed E-state index contributed by atoms with van der Waals surface area (Å²) in [6.07, 6.45) is 9.85. The molecule has 0 heterocycles. The quantitative estimate of drug-likeness (QED) is 0.374. The average Bonchev–Trinajstić information content (AvgIpc) is 2.79. The number of hydrogen-bond acceptors (Lipinski definition) is 0. The highest BCUT2D eigenvalue weighted by Gasteiger charge is 2.21. The molecule has 1 saturated carbocycles. The molecule has 0 saturated heterocycles. The molecule has 0 bridgehead atoms. The summed E-state index contributed by atoms with van der Waals surface area (Å²) in [5.41, 5.74) is 6.10. The van der Waals surface area contributed by atoms with Crippen LogP contribution in [0.2, 0.25) is 0 Å². The summed E-state index contributed by atoms with van der Waals surface area (Å²) in [5.74, 6) is 1.41. The smallest absolute Gasteiger partial charge is 0.123 e. The Hall–Kier alpha value is -2.67. The Labute approximate surface area is 174 Å². The SMILES string of the molecule is C=CCCC1CCC(c2ccc(-c3ccc(-c4ccc(F)cc4)cc3)cc2)CC1. The molecule has 0 spiro atoms. The van der Waals surface area contributed by atoms with Crippen molar-refractivity contribution in [3.05, 3.63) is 96.8 Å². The molecular formula is C28H29F. The Balaban J connectivity index is 1.40. The van der Waals surface area contributed by atoms with E-state index in [2.05, 4.69) is 61.2 Å². The summed E-state index contributed by atoms with van der Waals surface area (Å²) in [5, 5.41) is 0. The van der Waals surface area contributed by atoms with Crippen molar-refractivity contribution < 1.29 is 4.39 Å². The van der Waals surface area contributed by atoms with Crippen molar-refractivity contribution in [1.29, 1.82) is 0 Å². The van der Waals surface area contributed by atoms with E-state index in [1.54, 1.807) is 0 Å². The molecule has 29 heavy (non-hydrogen) atoms. The largest absolute Gasteiger partial charge is 0.207 e. The van der Waals surface area contributed by atoms with Gasteiger partial charge in [0, 0.05) is 0 Å². The van der Waals surface area contributed by atoms with Crippen LogP contribution in [-0.2, 0) is 0 Å². The van der Waals surface area contributed by atoms with Gasteiger partial charge < -0.3 is 0 Å². The molecular weight excluding hydrogens is 355 g/mol. The minimum atomic E-state index is -0.198. The van der Waals surface area contributed by atoms with Crippen LogP contribution < -0.4 is 0 Å². The third kappa shape index (κ3) is 4.85. The number of halogens is 1. The van der Waals surface area contributed by atoms with Crippen LogP contribution in [0.4, 0.5) is 4.39 Å². The second-order valence-electron chi connectivity index (χ2n) is 8.29. The van der Waals surface area contributed by atoms with Gasteiger partial charge in [0.1, 0.15) is 5.82 Å². The van der Waals surface area contributed by atoms with E-state index in [1.165, 1.54) is 60.9 Å². The lowest BCUT2D eigenvalue weighted by Gasteiger charge is -2.28. The molecule has 1 aliphatic carbocycles. The fourth-order valence-corrected chi connectivity index (χ4v) is 4.58. The summed E-state index contributed by atoms with van der Waals surface area (Å²) < 4.78 is 13.1. The molecule has 1 heteroatoms. The maximum atomic E-state index is 13.1. The maximum Gasteiger partial charge on any atom is 0.123 e. The van der Waals surface area contributed by atoms with E-state index in [9.17, 15) is 4.39 Å². The van der Waals surface area contributed by atoms with E-state index in [-0.39, 0.29) is 5.82 Å². The number of allylic oxidation sites excluding steroid dienone is 1. The molecule has 0 unspecified atom stereocenters. The van der Waals surface area contributed by atoms with Gasteiger partial charge in [0.2, 0.25) is 0 Å². The third-order valence-corrected chi connectivity index (χ3v) is 6.40. The highest BCUT2D eigenvalue weighted by atomic mass is 19.1. The zero-order valence-electron chi connectivity index (χ0n) is 17.0. The third-order valence-electron chi connectivity index (χ3n) is 6.40. The summed E-state index contributed by atoms with van der Waals surface area (Å²) in [7, 11) is 0. The van der Waals surface area contributed by atoms with Crippen molar-refractivity contribution in [3.8, 4) is 22.3 Å². The van der Waals surface area contributed by atoms with Crippen molar-refractivity contribution in [2.24, 2.45) is 5.92 Å². The fraction of sp³-hybridized carbons (Fsp3) is 0.286. The number of benzene rings is 3. The molecule has 0 amide bonds. The van der Waals surface area contributed by atoms with Crippen LogP contribution in [0.1, 0.15) is 50.0 Å². The number of rotatable bonds is 6. The zero-order chi connectivity index (χ0) is 20.1. The van der Waals surface area contributed by atoms with Gasteiger partial charge >= 0.3 is 0 Å². The average molecular weight is 385 g/mol. The van der Waals surface area contributed by atoms with E-state index in [0.29, 0.717) is 5.92 Å². The molecule has 0 N–H and O–H groups in total. The van der Waals surface area contributed by atoms with E-state index >= 15 is 0 Å². The van der Waals surface area contributed by atoms with E-state index < -0.39 is 0 Å². The monoisotopic (exact) mass is 384 g/mol. The Morgan fingerprint density at radius 1 is 0.690 bits per heavy atom. The summed E-state index contributed by atoms with van der Waals surface area (Å²) in [4.78, 5) is 0. The van der Waals surface area contributed by atoms with Crippen LogP contribution in [0.15, 0.2) is 85.5 Å². The van der Waals surface area contributed by atoms with Gasteiger partial charge in [-0.15, -0.1) is 6.58 Å². The lowest BCUT2D eigenvalue weighted by molar-refractivity contribution is 0.312. The van der Waals surface area contributed by atoms with Crippen LogP contribution in [0.5, 0.6) is 0 Å². The maximum absolute atomic E-state index is 13.1. The predicted octanol–water partition coefficient (Wildman–Crippen LogP) is 8.40. The Morgan fingerprint density at radius 3 is 1.62 bits per heavy atom. The van der Waals surface area contributed by atoms with Crippen molar-refractivity contribution in [2.45, 2.75) is 44.4 Å². The second-order valence-corrected chi connectivity index (χ2v) is 8.29. The molecule has 148 valence electrons. The first-order valence-electron chi connectivity index (χ1n) is 10.8. The zero-order valence-corrected chi connectivity index (χ0v) is 17.0. The summed E-state index contributed by atoms with van der Waals surface area (Å²) in [6, 6.07) is 24.3. The van der Waals surface area contributed by atoms with Gasteiger partial charge in [-0.3, -0.25) is 0 Å². The van der Waals surface area contributed by atoms with Gasteiger partial charge in [0.25, 0.3) is 0 Å². The van der Waals surface area contributed by atoms with Crippen molar-refractivity contribution >= 4 is 0 Å². The number of hydrogen-bond donors (Lipinski definition) is 0. The van der Waals surface area contributed by atoms with Gasteiger partial charge in [0.15, 0.2) is 0 Å². The molecule has 0 atom stereocenters. The van der Waals surface area contributed by atoms with Crippen LogP contribution in [-0.4, -0.2) is 0 Å². The first kappa shape index (κ1) is 19.6. The molecule has 1 aliphatic rings. The standard InChI is InChI=1S/C28H29F/c1-2-3-4-21-5-7-22(8-6-21)23-9-11-24(12-10-23)25-13-15-26(16-14-25)27-17-19-28(29)20-18-27/h2,9-22H,1,3-8H2. The van der Waals surface area contributed by atoms with Crippen LogP contribution in [0.3, 0.4) is 0 Å². The van der Waals surface area contributed by atoms with Gasteiger partial charge in [-0.05, 0) is 90.3 Å². The van der Waals surface area contributed by atoms with Crippen LogP contribution in [0, 0.1) is 11.7 Å². The topological polar surface area (TPSA) is 0 Å². The lowest BCUT2D eigenvalue weighted by atomic mass is 9.77. The molecule has 0 aromatic heterocycles. The van der Waals surface area contributed by atoms with Crippen molar-refractivity contribution in [1.82, 2.24) is 0 Å². The highest BCUT2D eigenvalue weighted by Crippen LogP contribution is 2.38. The normalized spacial score (nSPS) is 19.1. The first-order valence-corrected chi connectivity index (χ1v) is 10.8. The molecule has 0 aliphatic heterocycles. The van der Waals surface area contributed by atoms with Crippen LogP contribution in [0.25, 0.3) is 22.3 Å². The van der Waals surface area contributed by atoms with Gasteiger partial charge in [-0.2, -0.15) is 0 Å². The van der Waals surface area contributed by atoms with E-state index in [1.807, 2.05) is 12.1 Å². The van der Waals surface area contributed by atoms with Crippen LogP contribution >= 0.6 is 0 Å². The molecule has 1 fully saturated rings. The van der Waals surface area contributed by atoms with E-state index in [4.69, 9.17) is 0 Å². The first-order chi connectivity index (χ1) is 14.2. The summed E-state index contributed by atoms with van der Waals surface area (Å²) >= 11 is 0. The van der Waals surface area contributed by atoms with Gasteiger partial charge in [-0.1, -0.05) is 66.7 Å². The molecule has 4 rings (SSSR count). The fourth-order valence-electron chi connectivity index (χ4n) is 4.58. The highest BCUT2D eigenvalue weighted by molar-refractivity contribution is 5.70. The molecule has 0 radical (unpaired) electrons. The summed E-state index contributed by atoms with van der Waals surface area (Å²) in [6.45, 7) is 3.85. The van der Waals surface area contributed by atoms with Crippen molar-refractivity contribution in [2.75, 3.05) is 0 Å². The molecule has 0 nitrogen and oxygen atoms in total. The Bertz CT molecular complexity index is 912. The van der Waals surface area contributed by atoms with E-state index in [0.717, 1.165) is 23.5 Å². The lowest BCUT2D eigenvalue weighted by Crippen LogP contribution is -2.13. The van der Waals surface area contributed by atoms with Gasteiger partial charge in [-0.25, -0.2) is 4.39 Å². The predicted molar refractivity (Wildman–Crippen MR) is 121 cm³/mol. The van der Waals surface area contributed by atoms with Gasteiger partial charge in [0.05, 0.1) is 0 Å². The second kappa shape index (κ2) is 9.22. The molecule has 3 aromatic rings. The van der Waals surface area contributed by atoms with Crippen molar-refractivity contribution in [3.63, 3.8) is 0 Å². The Kier molecular flexibility index (Phi) is 6.24. The Morgan fingerprint density at radius 2 is 1.14 bits per heavy atom.